The van der Waals surface area contributed by atoms with Crippen LogP contribution in [-0.2, 0) is 9.84 Å². The number of nitrogens with one attached hydrogen (secondary N) is 1. The maximum absolute atomic E-state index is 12.0. The summed E-state index contributed by atoms with van der Waals surface area (Å²) < 4.78 is 23.1. The lowest BCUT2D eigenvalue weighted by Crippen LogP contribution is -2.49. The molecule has 28 heavy (non-hydrogen) atoms. The molecule has 2 atom stereocenters. The fraction of sp³-hybridized carbons (Fsp3) is 0.667. The summed E-state index contributed by atoms with van der Waals surface area (Å²) in [6, 6.07) is 10.8. The van der Waals surface area contributed by atoms with Crippen molar-refractivity contribution in [2.75, 3.05) is 32.4 Å². The third kappa shape index (κ3) is 6.34. The Balaban J connectivity index is 0.00000392. The van der Waals surface area contributed by atoms with E-state index in [4.69, 9.17) is 4.99 Å². The lowest BCUT2D eigenvalue weighted by Gasteiger charge is -2.40. The van der Waals surface area contributed by atoms with E-state index < -0.39 is 14.6 Å². The molecule has 0 spiro atoms. The monoisotopic (exact) mass is 521 g/mol. The van der Waals surface area contributed by atoms with Gasteiger partial charge in [-0.2, -0.15) is 0 Å². The van der Waals surface area contributed by atoms with Crippen LogP contribution in [0.2, 0.25) is 0 Å². The van der Waals surface area contributed by atoms with Crippen molar-refractivity contribution in [2.24, 2.45) is 10.9 Å². The number of halogens is 1. The third-order valence-electron chi connectivity index (χ3n) is 5.73. The van der Waals surface area contributed by atoms with Gasteiger partial charge in [-0.3, -0.25) is 4.99 Å². The van der Waals surface area contributed by atoms with Gasteiger partial charge in [0.25, 0.3) is 0 Å². The van der Waals surface area contributed by atoms with E-state index in [0.717, 1.165) is 38.4 Å². The van der Waals surface area contributed by atoms with Crippen molar-refractivity contribution in [3.05, 3.63) is 35.9 Å². The molecule has 1 aromatic rings. The van der Waals surface area contributed by atoms with Crippen LogP contribution in [0.1, 0.15) is 52.0 Å². The first kappa shape index (κ1) is 25.2. The second-order valence-electron chi connectivity index (χ2n) is 8.12. The Hall–Kier alpha value is -0.830. The summed E-state index contributed by atoms with van der Waals surface area (Å²) in [5.41, 5.74) is 1.42. The topological polar surface area (TPSA) is 61.8 Å². The first-order valence-electron chi connectivity index (χ1n) is 9.97. The summed E-state index contributed by atoms with van der Waals surface area (Å²) in [4.78, 5) is 7.00. The molecule has 1 aromatic carbocycles. The van der Waals surface area contributed by atoms with E-state index in [9.17, 15) is 8.42 Å². The fourth-order valence-electron chi connectivity index (χ4n) is 3.59. The highest BCUT2D eigenvalue weighted by molar-refractivity contribution is 14.0. The molecule has 1 heterocycles. The molecule has 0 radical (unpaired) electrons. The van der Waals surface area contributed by atoms with Crippen molar-refractivity contribution in [1.82, 2.24) is 10.2 Å². The molecule has 0 aliphatic carbocycles. The third-order valence-corrected chi connectivity index (χ3v) is 7.87. The van der Waals surface area contributed by atoms with Gasteiger partial charge in [0.15, 0.2) is 15.8 Å². The predicted octanol–water partition coefficient (Wildman–Crippen LogP) is 3.91. The number of likely N-dealkylation sites (tertiary alicyclic amines) is 1. The number of hydrogen-bond donors (Lipinski definition) is 1. The van der Waals surface area contributed by atoms with Crippen LogP contribution in [0.4, 0.5) is 0 Å². The Morgan fingerprint density at radius 3 is 2.43 bits per heavy atom. The average Bonchev–Trinajstić information content (AvgIpc) is 2.64. The standard InChI is InChI=1S/C21H35N3O2S.HI/c1-6-17-15-24(14-13-19(17)18-11-9-8-10-12-18)20(22-7-2)23-16-21(3,4)27(5,25)26;/h8-12,17,19H,6-7,13-16H2,1-5H3,(H,22,23);1H. The molecule has 7 heteroatoms. The van der Waals surface area contributed by atoms with Crippen molar-refractivity contribution in [3.63, 3.8) is 0 Å². The van der Waals surface area contributed by atoms with E-state index in [-0.39, 0.29) is 30.5 Å². The molecule has 5 nitrogen and oxygen atoms in total. The van der Waals surface area contributed by atoms with Crippen LogP contribution >= 0.6 is 24.0 Å². The molecule has 0 bridgehead atoms. The Bertz CT molecular complexity index is 735. The number of nitrogens with zero attached hydrogens (tertiary/aromatic N) is 2. The molecule has 1 fully saturated rings. The smallest absolute Gasteiger partial charge is 0.193 e. The summed E-state index contributed by atoms with van der Waals surface area (Å²) >= 11 is 0. The van der Waals surface area contributed by atoms with Crippen molar-refractivity contribution in [2.45, 2.75) is 51.2 Å². The Labute approximate surface area is 188 Å². The van der Waals surface area contributed by atoms with Gasteiger partial charge in [0.1, 0.15) is 0 Å². The average molecular weight is 522 g/mol. The molecule has 1 saturated heterocycles. The lowest BCUT2D eigenvalue weighted by molar-refractivity contribution is 0.215. The summed E-state index contributed by atoms with van der Waals surface area (Å²) in [5.74, 6) is 1.97. The quantitative estimate of drug-likeness (QED) is 0.351. The number of guanidine groups is 1. The van der Waals surface area contributed by atoms with E-state index in [2.05, 4.69) is 47.5 Å². The number of sulfone groups is 1. The van der Waals surface area contributed by atoms with Crippen LogP contribution in [0.5, 0.6) is 0 Å². The van der Waals surface area contributed by atoms with Crippen molar-refractivity contribution >= 4 is 39.8 Å². The van der Waals surface area contributed by atoms with Crippen LogP contribution in [0.3, 0.4) is 0 Å². The van der Waals surface area contributed by atoms with Crippen molar-refractivity contribution < 1.29 is 8.42 Å². The summed E-state index contributed by atoms with van der Waals surface area (Å²) in [5, 5.41) is 3.36. The Kier molecular flexibility index (Phi) is 9.73. The normalized spacial score (nSPS) is 21.2. The second-order valence-corrected chi connectivity index (χ2v) is 10.8. The van der Waals surface area contributed by atoms with E-state index in [1.54, 1.807) is 13.8 Å². The molecule has 2 unspecified atom stereocenters. The highest BCUT2D eigenvalue weighted by atomic mass is 127. The van der Waals surface area contributed by atoms with E-state index in [1.807, 2.05) is 6.92 Å². The number of aliphatic imine (C=N–C) groups is 1. The molecule has 0 amide bonds. The van der Waals surface area contributed by atoms with Gasteiger partial charge < -0.3 is 10.2 Å². The fourth-order valence-corrected chi connectivity index (χ4v) is 3.88. The van der Waals surface area contributed by atoms with Crippen LogP contribution in [-0.4, -0.2) is 56.5 Å². The van der Waals surface area contributed by atoms with Gasteiger partial charge in [-0.05, 0) is 44.6 Å². The maximum atomic E-state index is 12.0. The molecule has 160 valence electrons. The van der Waals surface area contributed by atoms with Gasteiger partial charge >= 0.3 is 0 Å². The zero-order valence-corrected chi connectivity index (χ0v) is 21.0. The van der Waals surface area contributed by atoms with Gasteiger partial charge in [-0.15, -0.1) is 24.0 Å². The summed E-state index contributed by atoms with van der Waals surface area (Å²) in [6.07, 6.45) is 3.49. The van der Waals surface area contributed by atoms with Crippen LogP contribution in [0, 0.1) is 5.92 Å². The number of piperidine rings is 1. The second kappa shape index (κ2) is 10.8. The van der Waals surface area contributed by atoms with E-state index >= 15 is 0 Å². The predicted molar refractivity (Wildman–Crippen MR) is 129 cm³/mol. The van der Waals surface area contributed by atoms with Crippen molar-refractivity contribution in [1.29, 1.82) is 0 Å². The SMILES string of the molecule is CCNC(=NCC(C)(C)S(C)(=O)=O)N1CCC(c2ccccc2)C(CC)C1.I. The number of rotatable bonds is 6. The first-order chi connectivity index (χ1) is 12.7. The number of benzene rings is 1. The number of hydrogen-bond acceptors (Lipinski definition) is 3. The molecule has 1 aliphatic rings. The highest BCUT2D eigenvalue weighted by Gasteiger charge is 2.32. The van der Waals surface area contributed by atoms with Gasteiger partial charge in [-0.25, -0.2) is 8.42 Å². The van der Waals surface area contributed by atoms with Crippen molar-refractivity contribution in [3.8, 4) is 0 Å². The van der Waals surface area contributed by atoms with E-state index in [1.165, 1.54) is 11.8 Å². The molecule has 1 N–H and O–H groups in total. The molecule has 1 aliphatic heterocycles. The highest BCUT2D eigenvalue weighted by Crippen LogP contribution is 2.34. The van der Waals surface area contributed by atoms with Gasteiger partial charge in [0, 0.05) is 25.9 Å². The minimum atomic E-state index is -3.16. The minimum Gasteiger partial charge on any atom is -0.357 e. The van der Waals surface area contributed by atoms with Gasteiger partial charge in [0.05, 0.1) is 11.3 Å². The maximum Gasteiger partial charge on any atom is 0.193 e. The first-order valence-corrected chi connectivity index (χ1v) is 11.9. The van der Waals surface area contributed by atoms with Crippen LogP contribution in [0.15, 0.2) is 35.3 Å². The molecular formula is C21H36IN3O2S. The lowest BCUT2D eigenvalue weighted by atomic mass is 9.79. The summed E-state index contributed by atoms with van der Waals surface area (Å²) in [6.45, 7) is 10.7. The minimum absolute atomic E-state index is 0. The molecule has 0 saturated carbocycles. The van der Waals surface area contributed by atoms with Crippen LogP contribution in [0.25, 0.3) is 0 Å². The Morgan fingerprint density at radius 2 is 1.89 bits per heavy atom. The van der Waals surface area contributed by atoms with E-state index in [0.29, 0.717) is 11.8 Å². The van der Waals surface area contributed by atoms with Gasteiger partial charge in [-0.1, -0.05) is 43.7 Å². The van der Waals surface area contributed by atoms with Gasteiger partial charge in [0.2, 0.25) is 0 Å². The molecular weight excluding hydrogens is 485 g/mol. The summed E-state index contributed by atoms with van der Waals surface area (Å²) in [7, 11) is -3.16. The van der Waals surface area contributed by atoms with Crippen LogP contribution < -0.4 is 5.32 Å². The zero-order chi connectivity index (χ0) is 20.1. The molecule has 2 rings (SSSR count). The largest absolute Gasteiger partial charge is 0.357 e. The molecule has 0 aromatic heterocycles. The zero-order valence-electron chi connectivity index (χ0n) is 17.8. The Morgan fingerprint density at radius 1 is 1.25 bits per heavy atom.